The smallest absolute Gasteiger partial charge is 0.404 e. The first-order valence-corrected chi connectivity index (χ1v) is 10.6. The molecule has 0 saturated carbocycles. The first kappa shape index (κ1) is 21.9. The molecule has 7 nitrogen and oxygen atoms in total. The Hall–Kier alpha value is -2.84. The predicted octanol–water partition coefficient (Wildman–Crippen LogP) is 4.21. The predicted molar refractivity (Wildman–Crippen MR) is 115 cm³/mol. The van der Waals surface area contributed by atoms with E-state index in [1.807, 2.05) is 36.4 Å². The molecule has 0 radical (unpaired) electrons. The lowest BCUT2D eigenvalue weighted by atomic mass is 10.1. The summed E-state index contributed by atoms with van der Waals surface area (Å²) < 4.78 is 12.6. The van der Waals surface area contributed by atoms with E-state index in [-0.39, 0.29) is 19.1 Å². The quantitative estimate of drug-likeness (QED) is 0.488. The summed E-state index contributed by atoms with van der Waals surface area (Å²) in [5.74, 6) is 1.06. The molecule has 1 aromatic carbocycles. The molecular weight excluding hydrogens is 400 g/mol. The third-order valence-electron chi connectivity index (χ3n) is 4.28. The average Bonchev–Trinajstić information content (AvgIpc) is 3.06. The highest BCUT2D eigenvalue weighted by molar-refractivity contribution is 7.99. The van der Waals surface area contributed by atoms with Gasteiger partial charge in [-0.15, -0.1) is 0 Å². The fourth-order valence-corrected chi connectivity index (χ4v) is 4.06. The Morgan fingerprint density at radius 1 is 1.13 bits per heavy atom. The Bertz CT molecular complexity index is 946. The van der Waals surface area contributed by atoms with Crippen molar-refractivity contribution in [1.82, 2.24) is 14.5 Å². The summed E-state index contributed by atoms with van der Waals surface area (Å²) in [6.07, 6.45) is 0.982. The zero-order chi connectivity index (χ0) is 21.3. The van der Waals surface area contributed by atoms with Gasteiger partial charge in [0.1, 0.15) is 24.1 Å². The van der Waals surface area contributed by atoms with E-state index in [0.717, 1.165) is 27.1 Å². The number of ether oxygens (including phenoxy) is 2. The Balaban J connectivity index is 1.89. The van der Waals surface area contributed by atoms with Gasteiger partial charge in [0.05, 0.1) is 24.5 Å². The Morgan fingerprint density at radius 2 is 1.90 bits per heavy atom. The molecule has 0 spiro atoms. The van der Waals surface area contributed by atoms with Gasteiger partial charge < -0.3 is 19.8 Å². The van der Waals surface area contributed by atoms with Crippen molar-refractivity contribution in [2.45, 2.75) is 42.8 Å². The molecule has 0 aliphatic carbocycles. The van der Waals surface area contributed by atoms with Gasteiger partial charge in [-0.25, -0.2) is 9.78 Å². The number of imidazole rings is 1. The monoisotopic (exact) mass is 426 g/mol. The van der Waals surface area contributed by atoms with Gasteiger partial charge in [-0.2, -0.15) is 0 Å². The summed E-state index contributed by atoms with van der Waals surface area (Å²) in [4.78, 5) is 21.2. The molecule has 1 amide bonds. The van der Waals surface area contributed by atoms with E-state index in [1.54, 1.807) is 18.0 Å². The van der Waals surface area contributed by atoms with Crippen molar-refractivity contribution < 1.29 is 14.3 Å². The van der Waals surface area contributed by atoms with Crippen LogP contribution in [0.2, 0.25) is 0 Å². The molecule has 158 valence electrons. The van der Waals surface area contributed by atoms with E-state index < -0.39 is 6.09 Å². The van der Waals surface area contributed by atoms with Crippen molar-refractivity contribution in [3.63, 3.8) is 0 Å². The highest BCUT2D eigenvalue weighted by atomic mass is 32.2. The molecule has 0 aliphatic rings. The standard InChI is InChI=1S/C22H26N4O3S/c1-16(2)20-21(30-18-9-4-3-5-10-18)26(14-17-8-6-7-11-24-17)19(25-20)15-28-12-13-29-22(23)27/h3-11,16H,12-15H2,1-2H3,(H2,23,27). The minimum Gasteiger partial charge on any atom is -0.447 e. The van der Waals surface area contributed by atoms with Gasteiger partial charge in [-0.05, 0) is 30.2 Å². The molecule has 0 atom stereocenters. The molecule has 3 rings (SSSR count). The van der Waals surface area contributed by atoms with Gasteiger partial charge in [0.15, 0.2) is 0 Å². The van der Waals surface area contributed by atoms with Crippen LogP contribution < -0.4 is 5.73 Å². The van der Waals surface area contributed by atoms with E-state index in [9.17, 15) is 4.79 Å². The number of aromatic nitrogens is 3. The molecule has 2 N–H and O–H groups in total. The van der Waals surface area contributed by atoms with Crippen molar-refractivity contribution in [2.24, 2.45) is 5.73 Å². The van der Waals surface area contributed by atoms with Crippen LogP contribution in [0.1, 0.15) is 37.0 Å². The third kappa shape index (κ3) is 6.08. The maximum absolute atomic E-state index is 10.7. The second-order valence-corrected chi connectivity index (χ2v) is 7.98. The molecule has 0 saturated heterocycles. The van der Waals surface area contributed by atoms with Crippen molar-refractivity contribution in [3.8, 4) is 0 Å². The lowest BCUT2D eigenvalue weighted by molar-refractivity contribution is 0.0637. The molecule has 30 heavy (non-hydrogen) atoms. The number of rotatable bonds is 10. The van der Waals surface area contributed by atoms with Gasteiger partial charge in [-0.3, -0.25) is 4.98 Å². The molecule has 2 heterocycles. The zero-order valence-electron chi connectivity index (χ0n) is 17.2. The number of carbonyl (C=O) groups excluding carboxylic acids is 1. The van der Waals surface area contributed by atoms with Crippen molar-refractivity contribution in [3.05, 3.63) is 71.9 Å². The summed E-state index contributed by atoms with van der Waals surface area (Å²) in [7, 11) is 0. The average molecular weight is 427 g/mol. The second-order valence-electron chi connectivity index (χ2n) is 6.92. The van der Waals surface area contributed by atoms with Crippen LogP contribution in [0, 0.1) is 0 Å². The van der Waals surface area contributed by atoms with Crippen LogP contribution in [0.25, 0.3) is 0 Å². The summed E-state index contributed by atoms with van der Waals surface area (Å²) >= 11 is 1.69. The molecule has 3 aromatic rings. The van der Waals surface area contributed by atoms with Crippen LogP contribution in [-0.4, -0.2) is 33.8 Å². The maximum atomic E-state index is 10.7. The number of benzene rings is 1. The fraction of sp³-hybridized carbons (Fsp3) is 0.318. The number of amides is 1. The largest absolute Gasteiger partial charge is 0.447 e. The number of hydrogen-bond donors (Lipinski definition) is 1. The van der Waals surface area contributed by atoms with E-state index in [4.69, 9.17) is 20.2 Å². The van der Waals surface area contributed by atoms with Crippen LogP contribution in [0.15, 0.2) is 64.6 Å². The van der Waals surface area contributed by atoms with Gasteiger partial charge in [0.25, 0.3) is 0 Å². The molecule has 8 heteroatoms. The van der Waals surface area contributed by atoms with Crippen LogP contribution in [0.3, 0.4) is 0 Å². The number of nitrogens with two attached hydrogens (primary N) is 1. The Labute approximate surface area is 180 Å². The van der Waals surface area contributed by atoms with Gasteiger partial charge in [0, 0.05) is 11.1 Å². The molecular formula is C22H26N4O3S. The topological polar surface area (TPSA) is 92.3 Å². The van der Waals surface area contributed by atoms with Gasteiger partial charge >= 0.3 is 6.09 Å². The minimum atomic E-state index is -0.807. The molecule has 0 bridgehead atoms. The lowest BCUT2D eigenvalue weighted by Crippen LogP contribution is -2.17. The molecule has 0 fully saturated rings. The van der Waals surface area contributed by atoms with E-state index in [0.29, 0.717) is 13.2 Å². The van der Waals surface area contributed by atoms with Crippen LogP contribution in [0.4, 0.5) is 4.79 Å². The summed E-state index contributed by atoms with van der Waals surface area (Å²) in [5, 5.41) is 1.08. The van der Waals surface area contributed by atoms with E-state index >= 15 is 0 Å². The summed E-state index contributed by atoms with van der Waals surface area (Å²) in [5.41, 5.74) is 6.95. The molecule has 2 aromatic heterocycles. The maximum Gasteiger partial charge on any atom is 0.404 e. The van der Waals surface area contributed by atoms with Crippen LogP contribution in [0.5, 0.6) is 0 Å². The highest BCUT2D eigenvalue weighted by Crippen LogP contribution is 2.35. The zero-order valence-corrected chi connectivity index (χ0v) is 18.0. The Kier molecular flexibility index (Phi) is 7.87. The van der Waals surface area contributed by atoms with Crippen molar-refractivity contribution in [1.29, 1.82) is 0 Å². The number of hydrogen-bond acceptors (Lipinski definition) is 6. The second kappa shape index (κ2) is 10.8. The number of carbonyl (C=O) groups is 1. The first-order valence-electron chi connectivity index (χ1n) is 9.76. The first-order chi connectivity index (χ1) is 14.5. The normalized spacial score (nSPS) is 11.0. The molecule has 0 aliphatic heterocycles. The van der Waals surface area contributed by atoms with Gasteiger partial charge in [-0.1, -0.05) is 49.9 Å². The Morgan fingerprint density at radius 3 is 2.57 bits per heavy atom. The van der Waals surface area contributed by atoms with E-state index in [2.05, 4.69) is 35.5 Å². The fourth-order valence-electron chi connectivity index (χ4n) is 2.88. The highest BCUT2D eigenvalue weighted by Gasteiger charge is 2.21. The third-order valence-corrected chi connectivity index (χ3v) is 5.41. The lowest BCUT2D eigenvalue weighted by Gasteiger charge is -2.13. The number of pyridine rings is 1. The summed E-state index contributed by atoms with van der Waals surface area (Å²) in [6, 6.07) is 16.1. The number of primary amides is 1. The van der Waals surface area contributed by atoms with Crippen LogP contribution >= 0.6 is 11.8 Å². The number of nitrogens with zero attached hydrogens (tertiary/aromatic N) is 3. The van der Waals surface area contributed by atoms with E-state index in [1.165, 1.54) is 0 Å². The van der Waals surface area contributed by atoms with Crippen molar-refractivity contribution >= 4 is 17.9 Å². The minimum absolute atomic E-state index is 0.110. The summed E-state index contributed by atoms with van der Waals surface area (Å²) in [6.45, 7) is 5.51. The SMILES string of the molecule is CC(C)c1nc(COCCOC(N)=O)n(Cc2ccccn2)c1Sc1ccccc1. The van der Waals surface area contributed by atoms with Crippen LogP contribution in [-0.2, 0) is 22.6 Å². The van der Waals surface area contributed by atoms with Crippen molar-refractivity contribution in [2.75, 3.05) is 13.2 Å². The van der Waals surface area contributed by atoms with Gasteiger partial charge in [0.2, 0.25) is 0 Å². The molecule has 0 unspecified atom stereocenters.